The normalized spacial score (nSPS) is 20.1. The van der Waals surface area contributed by atoms with Gasteiger partial charge in [-0.15, -0.1) is 0 Å². The molecule has 1 fully saturated rings. The molecule has 1 aliphatic heterocycles. The van der Waals surface area contributed by atoms with Crippen LogP contribution in [0.2, 0.25) is 0 Å². The molecule has 17 heavy (non-hydrogen) atoms. The average Bonchev–Trinajstić information content (AvgIpc) is 2.85. The summed E-state index contributed by atoms with van der Waals surface area (Å²) in [5, 5.41) is 0. The summed E-state index contributed by atoms with van der Waals surface area (Å²) < 4.78 is 19.3. The van der Waals surface area contributed by atoms with Crippen molar-refractivity contribution in [3.05, 3.63) is 35.1 Å². The first-order chi connectivity index (χ1) is 8.22. The van der Waals surface area contributed by atoms with Gasteiger partial charge in [0.15, 0.2) is 0 Å². The van der Waals surface area contributed by atoms with Gasteiger partial charge in [0.1, 0.15) is 5.82 Å². The van der Waals surface area contributed by atoms with Crippen LogP contribution in [0.25, 0.3) is 0 Å². The highest BCUT2D eigenvalue weighted by atomic mass is 19.1. The third-order valence-electron chi connectivity index (χ3n) is 3.33. The van der Waals surface area contributed by atoms with E-state index in [1.807, 2.05) is 19.2 Å². The monoisotopic (exact) mass is 238 g/mol. The van der Waals surface area contributed by atoms with Gasteiger partial charge in [0.25, 0.3) is 0 Å². The lowest BCUT2D eigenvalue weighted by Crippen LogP contribution is -2.31. The summed E-state index contributed by atoms with van der Waals surface area (Å²) in [4.78, 5) is 2.14. The van der Waals surface area contributed by atoms with Crippen molar-refractivity contribution in [3.63, 3.8) is 0 Å². The number of ether oxygens (including phenoxy) is 1. The molecule has 0 radical (unpaired) electrons. The van der Waals surface area contributed by atoms with Crippen LogP contribution < -0.4 is 5.73 Å². The molecule has 0 aromatic heterocycles. The minimum absolute atomic E-state index is 0.166. The van der Waals surface area contributed by atoms with E-state index in [2.05, 4.69) is 4.90 Å². The van der Waals surface area contributed by atoms with Gasteiger partial charge in [-0.25, -0.2) is 4.39 Å². The van der Waals surface area contributed by atoms with Gasteiger partial charge in [-0.2, -0.15) is 0 Å². The SMILES string of the molecule is CN(Cc1cccc(CN)c1F)C1CCOC1. The molecule has 1 atom stereocenters. The number of rotatable bonds is 4. The van der Waals surface area contributed by atoms with Crippen molar-refractivity contribution in [1.29, 1.82) is 0 Å². The lowest BCUT2D eigenvalue weighted by molar-refractivity contribution is 0.155. The lowest BCUT2D eigenvalue weighted by atomic mass is 10.1. The third-order valence-corrected chi connectivity index (χ3v) is 3.33. The standard InChI is InChI=1S/C13H19FN2O/c1-16(12-5-6-17-9-12)8-11-4-2-3-10(7-15)13(11)14/h2-4,12H,5-9,15H2,1H3. The zero-order valence-corrected chi connectivity index (χ0v) is 10.2. The van der Waals surface area contributed by atoms with E-state index >= 15 is 0 Å². The summed E-state index contributed by atoms with van der Waals surface area (Å²) in [6, 6.07) is 5.81. The molecule has 1 heterocycles. The second kappa shape index (κ2) is 5.58. The first-order valence-electron chi connectivity index (χ1n) is 5.96. The lowest BCUT2D eigenvalue weighted by Gasteiger charge is -2.23. The Morgan fingerprint density at radius 1 is 1.47 bits per heavy atom. The highest BCUT2D eigenvalue weighted by Gasteiger charge is 2.21. The summed E-state index contributed by atoms with van der Waals surface area (Å²) in [6.45, 7) is 2.40. The maximum atomic E-state index is 14.0. The number of hydrogen-bond acceptors (Lipinski definition) is 3. The van der Waals surface area contributed by atoms with E-state index in [0.717, 1.165) is 19.6 Å². The van der Waals surface area contributed by atoms with Crippen LogP contribution in [0.1, 0.15) is 17.5 Å². The minimum atomic E-state index is -0.166. The average molecular weight is 238 g/mol. The molecule has 0 aliphatic carbocycles. The number of halogens is 1. The Morgan fingerprint density at radius 3 is 2.88 bits per heavy atom. The molecule has 3 nitrogen and oxygen atoms in total. The van der Waals surface area contributed by atoms with E-state index in [9.17, 15) is 4.39 Å². The number of benzene rings is 1. The van der Waals surface area contributed by atoms with Crippen molar-refractivity contribution in [3.8, 4) is 0 Å². The smallest absolute Gasteiger partial charge is 0.132 e. The van der Waals surface area contributed by atoms with Crippen LogP contribution in [-0.4, -0.2) is 31.2 Å². The maximum absolute atomic E-state index is 14.0. The fourth-order valence-electron chi connectivity index (χ4n) is 2.18. The van der Waals surface area contributed by atoms with Gasteiger partial charge in [0, 0.05) is 36.9 Å². The van der Waals surface area contributed by atoms with E-state index < -0.39 is 0 Å². The molecule has 0 bridgehead atoms. The number of nitrogens with zero attached hydrogens (tertiary/aromatic N) is 1. The predicted molar refractivity (Wildman–Crippen MR) is 65.0 cm³/mol. The molecule has 0 spiro atoms. The Bertz CT molecular complexity index is 378. The van der Waals surface area contributed by atoms with Gasteiger partial charge in [-0.05, 0) is 13.5 Å². The van der Waals surface area contributed by atoms with E-state index in [1.165, 1.54) is 0 Å². The van der Waals surface area contributed by atoms with Crippen LogP contribution in [0.3, 0.4) is 0 Å². The Hall–Kier alpha value is -0.970. The van der Waals surface area contributed by atoms with E-state index in [-0.39, 0.29) is 12.4 Å². The summed E-state index contributed by atoms with van der Waals surface area (Å²) in [5.74, 6) is -0.166. The molecule has 2 rings (SSSR count). The number of nitrogens with two attached hydrogens (primary N) is 1. The Kier molecular flexibility index (Phi) is 4.10. The van der Waals surface area contributed by atoms with Crippen molar-refractivity contribution in [2.24, 2.45) is 5.73 Å². The maximum Gasteiger partial charge on any atom is 0.132 e. The van der Waals surface area contributed by atoms with Crippen LogP contribution in [0.5, 0.6) is 0 Å². The van der Waals surface area contributed by atoms with E-state index in [0.29, 0.717) is 23.7 Å². The van der Waals surface area contributed by atoms with Crippen molar-refractivity contribution in [1.82, 2.24) is 4.90 Å². The Labute approximate surface area is 101 Å². The minimum Gasteiger partial charge on any atom is -0.380 e. The number of hydrogen-bond donors (Lipinski definition) is 1. The van der Waals surface area contributed by atoms with Gasteiger partial charge in [0.05, 0.1) is 6.61 Å². The van der Waals surface area contributed by atoms with Crippen LogP contribution in [-0.2, 0) is 17.8 Å². The quantitative estimate of drug-likeness (QED) is 0.864. The molecule has 2 N–H and O–H groups in total. The fourth-order valence-corrected chi connectivity index (χ4v) is 2.18. The summed E-state index contributed by atoms with van der Waals surface area (Å²) >= 11 is 0. The molecule has 1 saturated heterocycles. The van der Waals surface area contributed by atoms with Crippen molar-refractivity contribution in [2.75, 3.05) is 20.3 Å². The molecule has 1 aromatic carbocycles. The summed E-state index contributed by atoms with van der Waals surface area (Å²) in [5.41, 5.74) is 6.79. The number of likely N-dealkylation sites (N-methyl/N-ethyl adjacent to an activating group) is 1. The topological polar surface area (TPSA) is 38.5 Å². The molecular formula is C13H19FN2O. The van der Waals surface area contributed by atoms with Crippen LogP contribution in [0.15, 0.2) is 18.2 Å². The molecule has 4 heteroatoms. The molecule has 0 amide bonds. The van der Waals surface area contributed by atoms with Crippen molar-refractivity contribution >= 4 is 0 Å². The summed E-state index contributed by atoms with van der Waals surface area (Å²) in [6.07, 6.45) is 1.02. The second-order valence-electron chi connectivity index (χ2n) is 4.53. The Balaban J connectivity index is 2.07. The van der Waals surface area contributed by atoms with Crippen molar-refractivity contribution in [2.45, 2.75) is 25.6 Å². The molecule has 1 aliphatic rings. The van der Waals surface area contributed by atoms with Gasteiger partial charge in [0.2, 0.25) is 0 Å². The van der Waals surface area contributed by atoms with Crippen LogP contribution in [0.4, 0.5) is 4.39 Å². The third kappa shape index (κ3) is 2.83. The fraction of sp³-hybridized carbons (Fsp3) is 0.538. The predicted octanol–water partition coefficient (Wildman–Crippen LogP) is 1.51. The second-order valence-corrected chi connectivity index (χ2v) is 4.53. The molecule has 0 saturated carbocycles. The zero-order valence-electron chi connectivity index (χ0n) is 10.2. The summed E-state index contributed by atoms with van der Waals surface area (Å²) in [7, 11) is 2.01. The van der Waals surface area contributed by atoms with Gasteiger partial charge in [-0.1, -0.05) is 18.2 Å². The Morgan fingerprint density at radius 2 is 2.24 bits per heavy atom. The molecule has 1 unspecified atom stereocenters. The van der Waals surface area contributed by atoms with Crippen LogP contribution in [0, 0.1) is 5.82 Å². The van der Waals surface area contributed by atoms with E-state index in [1.54, 1.807) is 6.07 Å². The van der Waals surface area contributed by atoms with Crippen LogP contribution >= 0.6 is 0 Å². The van der Waals surface area contributed by atoms with Gasteiger partial charge < -0.3 is 10.5 Å². The van der Waals surface area contributed by atoms with Gasteiger partial charge in [-0.3, -0.25) is 4.90 Å². The van der Waals surface area contributed by atoms with Crippen molar-refractivity contribution < 1.29 is 9.13 Å². The highest BCUT2D eigenvalue weighted by molar-refractivity contribution is 5.25. The zero-order chi connectivity index (χ0) is 12.3. The molecular weight excluding hydrogens is 219 g/mol. The first-order valence-corrected chi connectivity index (χ1v) is 5.96. The highest BCUT2D eigenvalue weighted by Crippen LogP contribution is 2.18. The molecule has 94 valence electrons. The van der Waals surface area contributed by atoms with E-state index in [4.69, 9.17) is 10.5 Å². The molecule has 1 aromatic rings. The first kappa shape index (κ1) is 12.5. The largest absolute Gasteiger partial charge is 0.380 e. The van der Waals surface area contributed by atoms with Gasteiger partial charge >= 0.3 is 0 Å².